The van der Waals surface area contributed by atoms with Crippen molar-refractivity contribution >= 4 is 5.91 Å². The molecule has 3 rings (SSSR count). The second kappa shape index (κ2) is 6.28. The molecule has 2 aromatic rings. The third-order valence-corrected chi connectivity index (χ3v) is 3.99. The lowest BCUT2D eigenvalue weighted by Gasteiger charge is -2.23. The van der Waals surface area contributed by atoms with Crippen LogP contribution in [-0.2, 0) is 6.42 Å². The molecule has 0 aliphatic heterocycles. The van der Waals surface area contributed by atoms with Crippen molar-refractivity contribution in [2.24, 2.45) is 0 Å². The highest BCUT2D eigenvalue weighted by Crippen LogP contribution is 2.31. The molecule has 0 saturated heterocycles. The Balaban J connectivity index is 1.75. The third-order valence-electron chi connectivity index (χ3n) is 3.99. The quantitative estimate of drug-likeness (QED) is 0.891. The largest absolute Gasteiger partial charge is 0.508 e. The van der Waals surface area contributed by atoms with E-state index in [2.05, 4.69) is 0 Å². The van der Waals surface area contributed by atoms with E-state index >= 15 is 0 Å². The molecule has 1 fully saturated rings. The number of phenolic OH excluding ortho intramolecular Hbond substituents is 2. The summed E-state index contributed by atoms with van der Waals surface area (Å²) in [7, 11) is 0. The van der Waals surface area contributed by atoms with E-state index in [-0.39, 0.29) is 34.8 Å². The summed E-state index contributed by atoms with van der Waals surface area (Å²) in [5, 5.41) is 19.2. The second-order valence-electron chi connectivity index (χ2n) is 5.81. The van der Waals surface area contributed by atoms with Gasteiger partial charge in [-0.1, -0.05) is 12.1 Å². The molecule has 0 unspecified atom stereocenters. The first-order valence-corrected chi connectivity index (χ1v) is 7.62. The maximum absolute atomic E-state index is 13.2. The van der Waals surface area contributed by atoms with E-state index in [1.165, 1.54) is 24.3 Å². The molecule has 1 saturated carbocycles. The molecule has 0 bridgehead atoms. The Hall–Kier alpha value is -2.56. The lowest BCUT2D eigenvalue weighted by atomic mass is 10.1. The van der Waals surface area contributed by atoms with E-state index in [0.717, 1.165) is 24.5 Å². The Morgan fingerprint density at radius 3 is 2.61 bits per heavy atom. The van der Waals surface area contributed by atoms with Crippen molar-refractivity contribution in [3.8, 4) is 11.5 Å². The smallest absolute Gasteiger partial charge is 0.257 e. The lowest BCUT2D eigenvalue weighted by Crippen LogP contribution is -2.35. The van der Waals surface area contributed by atoms with Gasteiger partial charge >= 0.3 is 0 Å². The van der Waals surface area contributed by atoms with Crippen LogP contribution in [0.5, 0.6) is 11.5 Å². The van der Waals surface area contributed by atoms with Crippen molar-refractivity contribution in [1.82, 2.24) is 4.90 Å². The number of carbonyl (C=O) groups is 1. The summed E-state index contributed by atoms with van der Waals surface area (Å²) in [5.41, 5.74) is 1.01. The van der Waals surface area contributed by atoms with Gasteiger partial charge in [0.1, 0.15) is 17.3 Å². The van der Waals surface area contributed by atoms with Crippen LogP contribution in [0.2, 0.25) is 0 Å². The van der Waals surface area contributed by atoms with Crippen LogP contribution in [0.25, 0.3) is 0 Å². The molecule has 0 radical (unpaired) electrons. The predicted molar refractivity (Wildman–Crippen MR) is 83.9 cm³/mol. The zero-order chi connectivity index (χ0) is 16.4. The topological polar surface area (TPSA) is 60.8 Å². The van der Waals surface area contributed by atoms with Crippen LogP contribution >= 0.6 is 0 Å². The highest BCUT2D eigenvalue weighted by Gasteiger charge is 2.33. The minimum absolute atomic E-state index is 0.0863. The van der Waals surface area contributed by atoms with Crippen molar-refractivity contribution in [3.63, 3.8) is 0 Å². The first-order chi connectivity index (χ1) is 11.0. The van der Waals surface area contributed by atoms with Crippen LogP contribution in [0.4, 0.5) is 4.39 Å². The number of hydrogen-bond acceptors (Lipinski definition) is 3. The number of phenols is 2. The fourth-order valence-electron chi connectivity index (χ4n) is 2.63. The van der Waals surface area contributed by atoms with Gasteiger partial charge in [-0.05, 0) is 49.1 Å². The van der Waals surface area contributed by atoms with Gasteiger partial charge in [-0.2, -0.15) is 0 Å². The van der Waals surface area contributed by atoms with E-state index in [1.54, 1.807) is 11.0 Å². The number of benzene rings is 2. The highest BCUT2D eigenvalue weighted by molar-refractivity contribution is 5.97. The molecule has 0 heterocycles. The van der Waals surface area contributed by atoms with Gasteiger partial charge in [0.2, 0.25) is 0 Å². The number of rotatable bonds is 5. The third kappa shape index (κ3) is 3.62. The summed E-state index contributed by atoms with van der Waals surface area (Å²) in [6.45, 7) is 0.466. The van der Waals surface area contributed by atoms with Crippen LogP contribution in [0, 0.1) is 5.82 Å². The fraction of sp³-hybridized carbons (Fsp3) is 0.278. The van der Waals surface area contributed by atoms with Crippen LogP contribution in [0.1, 0.15) is 28.8 Å². The van der Waals surface area contributed by atoms with Crippen molar-refractivity contribution < 1.29 is 19.4 Å². The highest BCUT2D eigenvalue weighted by atomic mass is 19.1. The van der Waals surface area contributed by atoms with Crippen molar-refractivity contribution in [3.05, 3.63) is 59.4 Å². The van der Waals surface area contributed by atoms with Gasteiger partial charge < -0.3 is 15.1 Å². The Labute approximate surface area is 133 Å². The molecule has 4 nitrogen and oxygen atoms in total. The average molecular weight is 315 g/mol. The van der Waals surface area contributed by atoms with Gasteiger partial charge in [-0.25, -0.2) is 4.39 Å². The molecule has 5 heteroatoms. The van der Waals surface area contributed by atoms with Gasteiger partial charge in [-0.3, -0.25) is 4.79 Å². The van der Waals surface area contributed by atoms with Crippen molar-refractivity contribution in [1.29, 1.82) is 0 Å². The van der Waals surface area contributed by atoms with E-state index in [9.17, 15) is 19.4 Å². The normalized spacial score (nSPS) is 13.8. The summed E-state index contributed by atoms with van der Waals surface area (Å²) in [6.07, 6.45) is 2.43. The SMILES string of the molecule is O=C(c1ccc(O)cc1O)N(CCc1cccc(F)c1)C1CC1. The first kappa shape index (κ1) is 15.3. The molecule has 23 heavy (non-hydrogen) atoms. The maximum atomic E-state index is 13.2. The summed E-state index contributed by atoms with van der Waals surface area (Å²) in [4.78, 5) is 14.4. The molecule has 2 N–H and O–H groups in total. The number of hydrogen-bond donors (Lipinski definition) is 2. The standard InChI is InChI=1S/C18H18FNO3/c19-13-3-1-2-12(10-13)8-9-20(14-4-5-14)18(23)16-7-6-15(21)11-17(16)22/h1-3,6-7,10-11,14,21-22H,4-5,8-9H2. The molecule has 1 amide bonds. The Morgan fingerprint density at radius 2 is 1.96 bits per heavy atom. The number of amides is 1. The minimum Gasteiger partial charge on any atom is -0.508 e. The second-order valence-corrected chi connectivity index (χ2v) is 5.81. The molecule has 0 atom stereocenters. The number of nitrogens with zero attached hydrogens (tertiary/aromatic N) is 1. The lowest BCUT2D eigenvalue weighted by molar-refractivity contribution is 0.0742. The maximum Gasteiger partial charge on any atom is 0.257 e. The van der Waals surface area contributed by atoms with Crippen LogP contribution in [0.3, 0.4) is 0 Å². The molecular weight excluding hydrogens is 297 g/mol. The zero-order valence-corrected chi connectivity index (χ0v) is 12.6. The van der Waals surface area contributed by atoms with Crippen LogP contribution < -0.4 is 0 Å². The van der Waals surface area contributed by atoms with Gasteiger partial charge in [0.25, 0.3) is 5.91 Å². The molecule has 120 valence electrons. The van der Waals surface area contributed by atoms with Crippen LogP contribution in [0.15, 0.2) is 42.5 Å². The molecule has 0 spiro atoms. The Bertz CT molecular complexity index is 728. The van der Waals surface area contributed by atoms with E-state index < -0.39 is 0 Å². The number of carbonyl (C=O) groups excluding carboxylic acids is 1. The molecule has 0 aromatic heterocycles. The fourth-order valence-corrected chi connectivity index (χ4v) is 2.63. The Kier molecular flexibility index (Phi) is 4.19. The Morgan fingerprint density at radius 1 is 1.17 bits per heavy atom. The summed E-state index contributed by atoms with van der Waals surface area (Å²) in [6, 6.07) is 10.5. The van der Waals surface area contributed by atoms with Gasteiger partial charge in [0.05, 0.1) is 5.56 Å². The van der Waals surface area contributed by atoms with E-state index in [1.807, 2.05) is 6.07 Å². The zero-order valence-electron chi connectivity index (χ0n) is 12.6. The summed E-state index contributed by atoms with van der Waals surface area (Å²) >= 11 is 0. The molecule has 1 aliphatic carbocycles. The molecule has 2 aromatic carbocycles. The van der Waals surface area contributed by atoms with Crippen molar-refractivity contribution in [2.75, 3.05) is 6.54 Å². The van der Waals surface area contributed by atoms with Crippen LogP contribution in [-0.4, -0.2) is 33.6 Å². The monoisotopic (exact) mass is 315 g/mol. The van der Waals surface area contributed by atoms with E-state index in [0.29, 0.717) is 13.0 Å². The molecular formula is C18H18FNO3. The van der Waals surface area contributed by atoms with Gasteiger partial charge in [0, 0.05) is 18.7 Å². The van der Waals surface area contributed by atoms with Crippen molar-refractivity contribution in [2.45, 2.75) is 25.3 Å². The predicted octanol–water partition coefficient (Wildman–Crippen LogP) is 3.08. The average Bonchev–Trinajstić information content (AvgIpc) is 3.32. The summed E-state index contributed by atoms with van der Waals surface area (Å²) < 4.78 is 13.2. The number of aromatic hydroxyl groups is 2. The van der Waals surface area contributed by atoms with Gasteiger partial charge in [0.15, 0.2) is 0 Å². The molecule has 1 aliphatic rings. The van der Waals surface area contributed by atoms with Gasteiger partial charge in [-0.15, -0.1) is 0 Å². The van der Waals surface area contributed by atoms with E-state index in [4.69, 9.17) is 0 Å². The minimum atomic E-state index is -0.289. The number of halogens is 1. The summed E-state index contributed by atoms with van der Waals surface area (Å²) in [5.74, 6) is -0.868. The first-order valence-electron chi connectivity index (χ1n) is 7.62.